The van der Waals surface area contributed by atoms with Crippen LogP contribution in [0.25, 0.3) is 0 Å². The van der Waals surface area contributed by atoms with Crippen molar-refractivity contribution >= 4 is 0 Å². The first-order chi connectivity index (χ1) is 6.78. The summed E-state index contributed by atoms with van der Waals surface area (Å²) in [5.41, 5.74) is 0. The summed E-state index contributed by atoms with van der Waals surface area (Å²) in [6.45, 7) is 10.8. The zero-order valence-electron chi connectivity index (χ0n) is 10.4. The van der Waals surface area contributed by atoms with Crippen molar-refractivity contribution in [2.24, 2.45) is 11.8 Å². The molecule has 0 aliphatic rings. The molecule has 84 valence electrons. The van der Waals surface area contributed by atoms with Crippen molar-refractivity contribution in [3.63, 3.8) is 0 Å². The van der Waals surface area contributed by atoms with Gasteiger partial charge in [-0.2, -0.15) is 0 Å². The van der Waals surface area contributed by atoms with Crippen LogP contribution in [0.2, 0.25) is 0 Å². The fourth-order valence-corrected chi connectivity index (χ4v) is 2.03. The van der Waals surface area contributed by atoms with E-state index in [-0.39, 0.29) is 0 Å². The van der Waals surface area contributed by atoms with E-state index in [0.717, 1.165) is 11.8 Å². The molecule has 0 aromatic heterocycles. The second-order valence-corrected chi connectivity index (χ2v) is 4.41. The minimum absolute atomic E-state index is 0.751. The van der Waals surface area contributed by atoms with E-state index in [2.05, 4.69) is 33.4 Å². The predicted molar refractivity (Wildman–Crippen MR) is 66.5 cm³/mol. The summed E-state index contributed by atoms with van der Waals surface area (Å²) in [6, 6.07) is 0. The molecule has 0 heteroatoms. The molecule has 0 N–H and O–H groups in total. The van der Waals surface area contributed by atoms with E-state index in [1.165, 1.54) is 44.9 Å². The molecule has 0 saturated heterocycles. The zero-order valence-corrected chi connectivity index (χ0v) is 10.4. The largest absolute Gasteiger partial charge is 0.103 e. The van der Waals surface area contributed by atoms with Gasteiger partial charge in [0.15, 0.2) is 0 Å². The molecular weight excluding hydrogens is 168 g/mol. The summed E-state index contributed by atoms with van der Waals surface area (Å²) in [6.07, 6.45) is 11.7. The smallest absolute Gasteiger partial charge is 0.0236 e. The van der Waals surface area contributed by atoms with E-state index in [0.29, 0.717) is 0 Å². The first-order valence-electron chi connectivity index (χ1n) is 6.40. The Labute approximate surface area is 90.8 Å². The monoisotopic (exact) mass is 196 g/mol. The van der Waals surface area contributed by atoms with E-state index < -0.39 is 0 Å². The van der Waals surface area contributed by atoms with E-state index in [1.54, 1.807) is 0 Å². The van der Waals surface area contributed by atoms with Crippen molar-refractivity contribution in [3.05, 3.63) is 12.7 Å². The molecule has 2 unspecified atom stereocenters. The number of hydrogen-bond donors (Lipinski definition) is 0. The van der Waals surface area contributed by atoms with Gasteiger partial charge in [-0.15, -0.1) is 6.58 Å². The third kappa shape index (κ3) is 6.23. The SMILES string of the molecule is C=CC(CC)CC(CC)CCCCC. The number of allylic oxidation sites excluding steroid dienone is 1. The Morgan fingerprint density at radius 1 is 1.07 bits per heavy atom. The van der Waals surface area contributed by atoms with E-state index in [1.807, 2.05) is 0 Å². The molecule has 2 atom stereocenters. The maximum atomic E-state index is 3.92. The summed E-state index contributed by atoms with van der Waals surface area (Å²) < 4.78 is 0. The zero-order chi connectivity index (χ0) is 10.8. The third-order valence-corrected chi connectivity index (χ3v) is 3.29. The molecule has 0 saturated carbocycles. The molecule has 0 nitrogen and oxygen atoms in total. The average molecular weight is 196 g/mol. The molecule has 0 aliphatic heterocycles. The highest BCUT2D eigenvalue weighted by molar-refractivity contribution is 4.79. The van der Waals surface area contributed by atoms with Gasteiger partial charge in [0.05, 0.1) is 0 Å². The first kappa shape index (κ1) is 13.7. The normalized spacial score (nSPS) is 15.1. The van der Waals surface area contributed by atoms with Crippen molar-refractivity contribution in [2.75, 3.05) is 0 Å². The van der Waals surface area contributed by atoms with Crippen molar-refractivity contribution in [2.45, 2.75) is 65.7 Å². The van der Waals surface area contributed by atoms with Gasteiger partial charge in [0.25, 0.3) is 0 Å². The number of unbranched alkanes of at least 4 members (excludes halogenated alkanes) is 2. The molecule has 0 heterocycles. The summed E-state index contributed by atoms with van der Waals surface area (Å²) in [7, 11) is 0. The van der Waals surface area contributed by atoms with Gasteiger partial charge in [0.2, 0.25) is 0 Å². The second-order valence-electron chi connectivity index (χ2n) is 4.41. The average Bonchev–Trinajstić information content (AvgIpc) is 2.23. The Balaban J connectivity index is 3.70. The van der Waals surface area contributed by atoms with Gasteiger partial charge in [-0.25, -0.2) is 0 Å². The quantitative estimate of drug-likeness (QED) is 0.351. The van der Waals surface area contributed by atoms with Gasteiger partial charge < -0.3 is 0 Å². The first-order valence-corrected chi connectivity index (χ1v) is 6.40. The van der Waals surface area contributed by atoms with Crippen LogP contribution in [0.15, 0.2) is 12.7 Å². The Hall–Kier alpha value is -0.260. The number of rotatable bonds is 9. The Morgan fingerprint density at radius 3 is 2.21 bits per heavy atom. The summed E-state index contributed by atoms with van der Waals surface area (Å²) in [5.74, 6) is 1.69. The highest BCUT2D eigenvalue weighted by Gasteiger charge is 2.10. The van der Waals surface area contributed by atoms with Gasteiger partial charge in [0, 0.05) is 0 Å². The van der Waals surface area contributed by atoms with Gasteiger partial charge in [0.1, 0.15) is 0 Å². The topological polar surface area (TPSA) is 0 Å². The van der Waals surface area contributed by atoms with E-state index >= 15 is 0 Å². The van der Waals surface area contributed by atoms with Crippen LogP contribution < -0.4 is 0 Å². The van der Waals surface area contributed by atoms with Crippen LogP contribution in [0.3, 0.4) is 0 Å². The standard InChI is InChI=1S/C14H28/c1-5-9-10-11-14(8-4)12-13(6-2)7-3/h6,13-14H,2,5,7-12H2,1,3-4H3. The molecule has 0 spiro atoms. The lowest BCUT2D eigenvalue weighted by molar-refractivity contribution is 0.364. The number of hydrogen-bond acceptors (Lipinski definition) is 0. The van der Waals surface area contributed by atoms with Crippen LogP contribution in [0.4, 0.5) is 0 Å². The van der Waals surface area contributed by atoms with Crippen LogP contribution in [0.5, 0.6) is 0 Å². The third-order valence-electron chi connectivity index (χ3n) is 3.29. The van der Waals surface area contributed by atoms with Gasteiger partial charge in [-0.3, -0.25) is 0 Å². The van der Waals surface area contributed by atoms with Crippen LogP contribution in [-0.2, 0) is 0 Å². The van der Waals surface area contributed by atoms with Crippen LogP contribution >= 0.6 is 0 Å². The molecule has 0 bridgehead atoms. The highest BCUT2D eigenvalue weighted by Crippen LogP contribution is 2.24. The maximum absolute atomic E-state index is 3.92. The molecule has 14 heavy (non-hydrogen) atoms. The van der Waals surface area contributed by atoms with Gasteiger partial charge in [-0.05, 0) is 24.7 Å². The van der Waals surface area contributed by atoms with Crippen LogP contribution in [0, 0.1) is 11.8 Å². The van der Waals surface area contributed by atoms with Crippen molar-refractivity contribution < 1.29 is 0 Å². The minimum Gasteiger partial charge on any atom is -0.103 e. The molecule has 0 fully saturated rings. The van der Waals surface area contributed by atoms with Crippen molar-refractivity contribution in [1.82, 2.24) is 0 Å². The second kappa shape index (κ2) is 9.30. The molecule has 0 aromatic rings. The molecule has 0 radical (unpaired) electrons. The lowest BCUT2D eigenvalue weighted by atomic mass is 9.87. The summed E-state index contributed by atoms with van der Waals surface area (Å²) in [5, 5.41) is 0. The Kier molecular flexibility index (Phi) is 9.13. The lowest BCUT2D eigenvalue weighted by Crippen LogP contribution is -2.06. The Morgan fingerprint density at radius 2 is 1.79 bits per heavy atom. The van der Waals surface area contributed by atoms with E-state index in [9.17, 15) is 0 Å². The Bertz CT molecular complexity index is 126. The van der Waals surface area contributed by atoms with Gasteiger partial charge in [-0.1, -0.05) is 59.0 Å². The lowest BCUT2D eigenvalue weighted by Gasteiger charge is -2.19. The fraction of sp³-hybridized carbons (Fsp3) is 0.857. The predicted octanol–water partition coefficient (Wildman–Crippen LogP) is 5.20. The molecular formula is C14H28. The van der Waals surface area contributed by atoms with Crippen molar-refractivity contribution in [3.8, 4) is 0 Å². The summed E-state index contributed by atoms with van der Waals surface area (Å²) >= 11 is 0. The van der Waals surface area contributed by atoms with Crippen LogP contribution in [-0.4, -0.2) is 0 Å². The maximum Gasteiger partial charge on any atom is -0.0236 e. The van der Waals surface area contributed by atoms with Crippen molar-refractivity contribution in [1.29, 1.82) is 0 Å². The fourth-order valence-electron chi connectivity index (χ4n) is 2.03. The molecule has 0 rings (SSSR count). The van der Waals surface area contributed by atoms with Gasteiger partial charge >= 0.3 is 0 Å². The van der Waals surface area contributed by atoms with E-state index in [4.69, 9.17) is 0 Å². The highest BCUT2D eigenvalue weighted by atomic mass is 14.2. The molecule has 0 aromatic carbocycles. The molecule has 0 aliphatic carbocycles. The minimum atomic E-state index is 0.751. The summed E-state index contributed by atoms with van der Waals surface area (Å²) in [4.78, 5) is 0. The molecule has 0 amide bonds. The van der Waals surface area contributed by atoms with Crippen LogP contribution in [0.1, 0.15) is 65.7 Å².